The van der Waals surface area contributed by atoms with Gasteiger partial charge in [0.2, 0.25) is 0 Å². The third-order valence-corrected chi connectivity index (χ3v) is 8.86. The summed E-state index contributed by atoms with van der Waals surface area (Å²) < 4.78 is 4.09. The Labute approximate surface area is 146 Å². The van der Waals surface area contributed by atoms with Crippen LogP contribution in [0.4, 0.5) is 0 Å². The van der Waals surface area contributed by atoms with Crippen molar-refractivity contribution in [3.63, 3.8) is 0 Å². The predicted octanol–water partition coefficient (Wildman–Crippen LogP) is 7.16. The van der Waals surface area contributed by atoms with E-state index in [0.717, 1.165) is 32.1 Å². The van der Waals surface area contributed by atoms with Gasteiger partial charge in [-0.3, -0.25) is 0 Å². The van der Waals surface area contributed by atoms with Crippen molar-refractivity contribution >= 4 is 40.1 Å². The number of rotatable bonds is 14. The van der Waals surface area contributed by atoms with Crippen LogP contribution in [0.3, 0.4) is 0 Å². The van der Waals surface area contributed by atoms with Crippen LogP contribution in [0.1, 0.15) is 65.2 Å². The smallest absolute Gasteiger partial charge is 0.172 e. The number of unbranched alkanes of at least 4 members (excludes halogenated alkanes) is 2. The summed E-state index contributed by atoms with van der Waals surface area (Å²) in [7, 11) is 0. The molecule has 0 bridgehead atoms. The highest BCUT2D eigenvalue weighted by Crippen LogP contribution is 2.67. The summed E-state index contributed by atoms with van der Waals surface area (Å²) in [5, 5.41) is 0.487. The second kappa shape index (κ2) is 13.2. The Hall–Kier alpha value is 0.790. The van der Waals surface area contributed by atoms with Gasteiger partial charge in [-0.25, -0.2) is 0 Å². The Morgan fingerprint density at radius 3 is 2.24 bits per heavy atom. The van der Waals surface area contributed by atoms with E-state index in [1.54, 1.807) is 11.4 Å². The standard InChI is InChI=1S/C16H31OPS3/c1-5-9-13-15(11-7-3)17-18(19,20)21-16(12-8-4)14-10-6-2/h7-8,15-16H,3-6,9-14H2,1-2H3,(H,19,20). The van der Waals surface area contributed by atoms with Gasteiger partial charge < -0.3 is 4.52 Å². The van der Waals surface area contributed by atoms with Gasteiger partial charge in [0.1, 0.15) is 0 Å². The minimum atomic E-state index is -2.10. The lowest BCUT2D eigenvalue weighted by Crippen LogP contribution is -2.09. The quantitative estimate of drug-likeness (QED) is 0.198. The largest absolute Gasteiger partial charge is 0.330 e. The molecule has 0 spiro atoms. The fraction of sp³-hybridized carbons (Fsp3) is 0.750. The molecule has 124 valence electrons. The van der Waals surface area contributed by atoms with Crippen molar-refractivity contribution in [2.45, 2.75) is 76.6 Å². The molecule has 0 radical (unpaired) electrons. The van der Waals surface area contributed by atoms with Crippen LogP contribution >= 0.6 is 28.3 Å². The number of hydrogen-bond acceptors (Lipinski definition) is 3. The molecule has 0 saturated heterocycles. The van der Waals surface area contributed by atoms with E-state index in [1.165, 1.54) is 19.3 Å². The van der Waals surface area contributed by atoms with Crippen LogP contribution in [0.15, 0.2) is 25.3 Å². The minimum absolute atomic E-state index is 0.175. The van der Waals surface area contributed by atoms with Crippen molar-refractivity contribution in [1.29, 1.82) is 0 Å². The Morgan fingerprint density at radius 1 is 1.14 bits per heavy atom. The van der Waals surface area contributed by atoms with E-state index in [2.05, 4.69) is 27.0 Å². The molecule has 0 aliphatic heterocycles. The average molecular weight is 367 g/mol. The van der Waals surface area contributed by atoms with Crippen LogP contribution in [0, 0.1) is 0 Å². The fourth-order valence-corrected chi connectivity index (χ4v) is 8.83. The summed E-state index contributed by atoms with van der Waals surface area (Å²) >= 11 is 12.1. The maximum absolute atomic E-state index is 6.18. The van der Waals surface area contributed by atoms with Crippen LogP contribution in [0.25, 0.3) is 0 Å². The first-order chi connectivity index (χ1) is 9.99. The molecule has 5 heteroatoms. The van der Waals surface area contributed by atoms with E-state index in [9.17, 15) is 0 Å². The second-order valence-corrected chi connectivity index (χ2v) is 15.0. The van der Waals surface area contributed by atoms with Gasteiger partial charge in [0.15, 0.2) is 4.67 Å². The van der Waals surface area contributed by atoms with Crippen molar-refractivity contribution < 1.29 is 4.52 Å². The summed E-state index contributed by atoms with van der Waals surface area (Å²) in [6.45, 7) is 12.1. The molecule has 0 heterocycles. The van der Waals surface area contributed by atoms with Gasteiger partial charge in [-0.15, -0.1) is 25.4 Å². The molecule has 0 saturated carbocycles. The highest BCUT2D eigenvalue weighted by molar-refractivity contribution is 8.95. The van der Waals surface area contributed by atoms with E-state index >= 15 is 0 Å². The summed E-state index contributed by atoms with van der Waals surface area (Å²) in [6, 6.07) is 0. The van der Waals surface area contributed by atoms with Crippen molar-refractivity contribution in [2.75, 3.05) is 0 Å². The van der Waals surface area contributed by atoms with Gasteiger partial charge in [0.05, 0.1) is 6.10 Å². The van der Waals surface area contributed by atoms with E-state index < -0.39 is 4.67 Å². The van der Waals surface area contributed by atoms with Crippen molar-refractivity contribution in [3.8, 4) is 0 Å². The molecule has 1 nitrogen and oxygen atoms in total. The first-order valence-corrected chi connectivity index (χ1v) is 13.3. The van der Waals surface area contributed by atoms with Gasteiger partial charge in [-0.05, 0) is 37.5 Å². The molecular formula is C16H31OPS3. The van der Waals surface area contributed by atoms with Crippen LogP contribution in [-0.2, 0) is 16.3 Å². The summed E-state index contributed by atoms with van der Waals surface area (Å²) in [5.41, 5.74) is 0. The van der Waals surface area contributed by atoms with E-state index in [0.29, 0.717) is 5.25 Å². The van der Waals surface area contributed by atoms with Crippen molar-refractivity contribution in [2.24, 2.45) is 0 Å². The maximum Gasteiger partial charge on any atom is 0.172 e. The molecule has 3 atom stereocenters. The Bertz CT molecular complexity index is 305. The van der Waals surface area contributed by atoms with E-state index in [4.69, 9.17) is 28.6 Å². The van der Waals surface area contributed by atoms with Gasteiger partial charge >= 0.3 is 0 Å². The zero-order valence-corrected chi connectivity index (χ0v) is 16.9. The zero-order chi connectivity index (χ0) is 16.1. The normalized spacial score (nSPS) is 16.9. The summed E-state index contributed by atoms with van der Waals surface area (Å²) in [5.74, 6) is 0. The molecule has 21 heavy (non-hydrogen) atoms. The summed E-state index contributed by atoms with van der Waals surface area (Å²) in [4.78, 5) is 0. The first kappa shape index (κ1) is 21.8. The fourth-order valence-electron chi connectivity index (χ4n) is 2.06. The lowest BCUT2D eigenvalue weighted by Gasteiger charge is -2.26. The molecule has 0 aromatic carbocycles. The molecule has 0 fully saturated rings. The Morgan fingerprint density at radius 2 is 1.71 bits per heavy atom. The highest BCUT2D eigenvalue weighted by atomic mass is 33.2. The lowest BCUT2D eigenvalue weighted by molar-refractivity contribution is 0.222. The topological polar surface area (TPSA) is 9.23 Å². The molecule has 0 N–H and O–H groups in total. The molecule has 3 unspecified atom stereocenters. The van der Waals surface area contributed by atoms with Gasteiger partial charge in [-0.2, -0.15) is 0 Å². The summed E-state index contributed by atoms with van der Waals surface area (Å²) in [6.07, 6.45) is 12.9. The monoisotopic (exact) mass is 366 g/mol. The average Bonchev–Trinajstić information content (AvgIpc) is 2.42. The molecule has 0 aromatic rings. The number of allylic oxidation sites excluding steroid dienone is 1. The molecule has 0 aromatic heterocycles. The van der Waals surface area contributed by atoms with Crippen LogP contribution in [0.2, 0.25) is 0 Å². The number of hydrogen-bond donors (Lipinski definition) is 1. The predicted molar refractivity (Wildman–Crippen MR) is 108 cm³/mol. The Kier molecular flexibility index (Phi) is 13.7. The van der Waals surface area contributed by atoms with Crippen LogP contribution < -0.4 is 0 Å². The number of thiol groups is 1. The molecule has 0 rings (SSSR count). The SMILES string of the molecule is C=CCC(CCCC)OP(=S)(S)SC(CC=C)CCCC. The van der Waals surface area contributed by atoms with Crippen LogP contribution in [0.5, 0.6) is 0 Å². The maximum atomic E-state index is 6.18. The van der Waals surface area contributed by atoms with Gasteiger partial charge in [0.25, 0.3) is 0 Å². The third kappa shape index (κ3) is 11.9. The zero-order valence-electron chi connectivity index (χ0n) is 13.5. The van der Waals surface area contributed by atoms with E-state index in [1.807, 2.05) is 12.2 Å². The van der Waals surface area contributed by atoms with E-state index in [-0.39, 0.29) is 6.10 Å². The van der Waals surface area contributed by atoms with Crippen LogP contribution in [-0.4, -0.2) is 11.4 Å². The van der Waals surface area contributed by atoms with Crippen molar-refractivity contribution in [1.82, 2.24) is 0 Å². The second-order valence-electron chi connectivity index (χ2n) is 5.26. The Balaban J connectivity index is 4.54. The third-order valence-electron chi connectivity index (χ3n) is 3.18. The molecular weight excluding hydrogens is 335 g/mol. The molecule has 0 amide bonds. The van der Waals surface area contributed by atoms with Gasteiger partial charge in [-0.1, -0.05) is 63.1 Å². The highest BCUT2D eigenvalue weighted by Gasteiger charge is 2.23. The molecule has 0 aliphatic rings. The van der Waals surface area contributed by atoms with Gasteiger partial charge in [0, 0.05) is 5.25 Å². The first-order valence-electron chi connectivity index (χ1n) is 7.90. The molecule has 0 aliphatic carbocycles. The lowest BCUT2D eigenvalue weighted by atomic mass is 10.1. The van der Waals surface area contributed by atoms with Crippen molar-refractivity contribution in [3.05, 3.63) is 25.3 Å². The minimum Gasteiger partial charge on any atom is -0.330 e.